The number of aliphatic hydroxyl groups is 1. The second-order valence-electron chi connectivity index (χ2n) is 9.36. The van der Waals surface area contributed by atoms with Gasteiger partial charge in [-0.15, -0.1) is 0 Å². The first-order valence-corrected chi connectivity index (χ1v) is 12.1. The lowest BCUT2D eigenvalue weighted by Crippen LogP contribution is -2.36. The van der Waals surface area contributed by atoms with Crippen molar-refractivity contribution in [1.82, 2.24) is 0 Å². The number of cyclic esters (lactones) is 1. The Bertz CT molecular complexity index is 942. The van der Waals surface area contributed by atoms with Gasteiger partial charge in [0, 0.05) is 6.42 Å². The number of carbonyl (C=O) groups excluding carboxylic acids is 1. The van der Waals surface area contributed by atoms with Gasteiger partial charge in [0.25, 0.3) is 0 Å². The van der Waals surface area contributed by atoms with Crippen molar-refractivity contribution in [2.75, 3.05) is 13.2 Å². The minimum absolute atomic E-state index is 0.0628. The van der Waals surface area contributed by atoms with Crippen molar-refractivity contribution in [2.24, 2.45) is 0 Å². The molecule has 2 aromatic rings. The maximum absolute atomic E-state index is 11.7. The molecule has 1 fully saturated rings. The van der Waals surface area contributed by atoms with E-state index in [-0.39, 0.29) is 19.0 Å². The lowest BCUT2D eigenvalue weighted by atomic mass is 9.98. The third-order valence-corrected chi connectivity index (χ3v) is 6.00. The molecular weight excluding hydrogens is 416 g/mol. The Labute approximate surface area is 198 Å². The summed E-state index contributed by atoms with van der Waals surface area (Å²) in [6.07, 6.45) is 3.06. The molecular formula is C28H38O5. The van der Waals surface area contributed by atoms with Gasteiger partial charge in [-0.3, -0.25) is 4.79 Å². The predicted molar refractivity (Wildman–Crippen MR) is 130 cm³/mol. The lowest BCUT2D eigenvalue weighted by Gasteiger charge is -2.27. The topological polar surface area (TPSA) is 65.0 Å². The van der Waals surface area contributed by atoms with Crippen LogP contribution in [0.15, 0.2) is 24.3 Å². The molecule has 2 aromatic carbocycles. The highest BCUT2D eigenvalue weighted by Gasteiger charge is 2.28. The van der Waals surface area contributed by atoms with E-state index in [1.807, 2.05) is 0 Å². The number of hydrogen-bond donors (Lipinski definition) is 1. The number of aryl methyl sites for hydroxylation is 6. The van der Waals surface area contributed by atoms with Gasteiger partial charge in [0.15, 0.2) is 0 Å². The zero-order valence-corrected chi connectivity index (χ0v) is 20.7. The van der Waals surface area contributed by atoms with Crippen molar-refractivity contribution in [3.8, 4) is 11.5 Å². The minimum atomic E-state index is -0.654. The molecule has 5 heteroatoms. The molecule has 1 saturated heterocycles. The van der Waals surface area contributed by atoms with Crippen molar-refractivity contribution in [3.05, 3.63) is 57.6 Å². The number of aliphatic hydroxyl groups excluding tert-OH is 1. The zero-order valence-electron chi connectivity index (χ0n) is 20.7. The van der Waals surface area contributed by atoms with Crippen molar-refractivity contribution in [3.63, 3.8) is 0 Å². The fourth-order valence-corrected chi connectivity index (χ4v) is 4.73. The van der Waals surface area contributed by atoms with Gasteiger partial charge in [0.1, 0.15) is 24.2 Å². The first-order valence-electron chi connectivity index (χ1n) is 12.1. The number of ether oxygens (including phenoxy) is 3. The van der Waals surface area contributed by atoms with E-state index in [2.05, 4.69) is 58.9 Å². The van der Waals surface area contributed by atoms with Crippen LogP contribution < -0.4 is 9.47 Å². The number of benzene rings is 2. The van der Waals surface area contributed by atoms with Crippen LogP contribution in [-0.4, -0.2) is 36.5 Å². The summed E-state index contributed by atoms with van der Waals surface area (Å²) in [6.45, 7) is 11.4. The monoisotopic (exact) mass is 454 g/mol. The fourth-order valence-electron chi connectivity index (χ4n) is 4.73. The number of esters is 1. The standard InChI is InChI=1S/C28H38O5/c1-6-8-22-13-19(3)14-23(28(22)32-17-25-15-24(29)16-26(30)33-25)9-7-10-31-27-20(4)11-18(2)12-21(27)5/h11-14,24-25,29H,6-10,15-17H2,1-5H3. The van der Waals surface area contributed by atoms with Crippen LogP contribution in [0, 0.1) is 27.7 Å². The van der Waals surface area contributed by atoms with Gasteiger partial charge < -0.3 is 19.3 Å². The number of hydrogen-bond acceptors (Lipinski definition) is 5. The van der Waals surface area contributed by atoms with Crippen molar-refractivity contribution in [2.45, 2.75) is 85.4 Å². The molecule has 0 bridgehead atoms. The molecule has 0 radical (unpaired) electrons. The van der Waals surface area contributed by atoms with E-state index < -0.39 is 12.2 Å². The van der Waals surface area contributed by atoms with Crippen LogP contribution in [0.2, 0.25) is 0 Å². The molecule has 1 aliphatic rings. The Morgan fingerprint density at radius 1 is 0.939 bits per heavy atom. The Hall–Kier alpha value is -2.53. The minimum Gasteiger partial charge on any atom is -0.493 e. The molecule has 0 amide bonds. The molecule has 2 unspecified atom stereocenters. The third-order valence-electron chi connectivity index (χ3n) is 6.00. The third kappa shape index (κ3) is 6.97. The van der Waals surface area contributed by atoms with Crippen molar-refractivity contribution >= 4 is 5.97 Å². The number of rotatable bonds is 10. The Morgan fingerprint density at radius 3 is 2.21 bits per heavy atom. The van der Waals surface area contributed by atoms with E-state index in [0.29, 0.717) is 13.0 Å². The van der Waals surface area contributed by atoms with E-state index >= 15 is 0 Å². The van der Waals surface area contributed by atoms with Crippen LogP contribution in [0.4, 0.5) is 0 Å². The fraction of sp³-hybridized carbons (Fsp3) is 0.536. The lowest BCUT2D eigenvalue weighted by molar-refractivity contribution is -0.162. The number of carbonyl (C=O) groups is 1. The van der Waals surface area contributed by atoms with E-state index in [1.165, 1.54) is 27.8 Å². The van der Waals surface area contributed by atoms with Gasteiger partial charge in [-0.1, -0.05) is 48.7 Å². The molecule has 180 valence electrons. The first kappa shape index (κ1) is 25.1. The van der Waals surface area contributed by atoms with Crippen LogP contribution in [0.5, 0.6) is 11.5 Å². The van der Waals surface area contributed by atoms with Crippen LogP contribution in [0.3, 0.4) is 0 Å². The summed E-state index contributed by atoms with van der Waals surface area (Å²) in [4.78, 5) is 11.7. The summed E-state index contributed by atoms with van der Waals surface area (Å²) in [7, 11) is 0. The van der Waals surface area contributed by atoms with Crippen molar-refractivity contribution in [1.29, 1.82) is 0 Å². The predicted octanol–water partition coefficient (Wildman–Crippen LogP) is 5.33. The second kappa shape index (κ2) is 11.6. The maximum atomic E-state index is 11.7. The zero-order chi connectivity index (χ0) is 24.0. The molecule has 1 aliphatic heterocycles. The highest BCUT2D eigenvalue weighted by molar-refractivity contribution is 5.71. The van der Waals surface area contributed by atoms with Crippen LogP contribution in [-0.2, 0) is 22.4 Å². The summed E-state index contributed by atoms with van der Waals surface area (Å²) in [5, 5.41) is 9.90. The average Bonchev–Trinajstić information content (AvgIpc) is 2.71. The van der Waals surface area contributed by atoms with Crippen LogP contribution >= 0.6 is 0 Å². The molecule has 0 saturated carbocycles. The normalized spacial score (nSPS) is 18.2. The van der Waals surface area contributed by atoms with Gasteiger partial charge >= 0.3 is 5.97 Å². The van der Waals surface area contributed by atoms with Crippen molar-refractivity contribution < 1.29 is 24.1 Å². The molecule has 5 nitrogen and oxygen atoms in total. The van der Waals surface area contributed by atoms with Crippen LogP contribution in [0.25, 0.3) is 0 Å². The maximum Gasteiger partial charge on any atom is 0.308 e. The molecule has 0 aliphatic carbocycles. The molecule has 3 rings (SSSR count). The summed E-state index contributed by atoms with van der Waals surface area (Å²) in [5.41, 5.74) is 7.14. The highest BCUT2D eigenvalue weighted by atomic mass is 16.6. The van der Waals surface area contributed by atoms with E-state index in [1.54, 1.807) is 0 Å². The first-order chi connectivity index (χ1) is 15.8. The van der Waals surface area contributed by atoms with Gasteiger partial charge in [-0.25, -0.2) is 0 Å². The van der Waals surface area contributed by atoms with Gasteiger partial charge in [-0.05, 0) is 69.2 Å². The summed E-state index contributed by atoms with van der Waals surface area (Å²) >= 11 is 0. The molecule has 33 heavy (non-hydrogen) atoms. The molecule has 0 aromatic heterocycles. The summed E-state index contributed by atoms with van der Waals surface area (Å²) in [6, 6.07) is 8.67. The second-order valence-corrected chi connectivity index (χ2v) is 9.36. The van der Waals surface area contributed by atoms with Gasteiger partial charge in [0.05, 0.1) is 19.1 Å². The van der Waals surface area contributed by atoms with Gasteiger partial charge in [-0.2, -0.15) is 0 Å². The molecule has 1 N–H and O–H groups in total. The molecule has 1 heterocycles. The molecule has 0 spiro atoms. The van der Waals surface area contributed by atoms with E-state index in [0.717, 1.165) is 42.7 Å². The summed E-state index contributed by atoms with van der Waals surface area (Å²) < 4.78 is 17.8. The van der Waals surface area contributed by atoms with E-state index in [4.69, 9.17) is 14.2 Å². The highest BCUT2D eigenvalue weighted by Crippen LogP contribution is 2.30. The smallest absolute Gasteiger partial charge is 0.308 e. The Balaban J connectivity index is 1.68. The largest absolute Gasteiger partial charge is 0.493 e. The SMILES string of the molecule is CCCc1cc(C)cc(CCCOc2c(C)cc(C)cc2C)c1OCC1CC(O)CC(=O)O1. The molecule has 2 atom stereocenters. The summed E-state index contributed by atoms with van der Waals surface area (Å²) in [5.74, 6) is 1.51. The average molecular weight is 455 g/mol. The Morgan fingerprint density at radius 2 is 1.58 bits per heavy atom. The quantitative estimate of drug-likeness (QED) is 0.388. The Kier molecular flexibility index (Phi) is 8.79. The van der Waals surface area contributed by atoms with Gasteiger partial charge in [0.2, 0.25) is 0 Å². The van der Waals surface area contributed by atoms with E-state index in [9.17, 15) is 9.90 Å². The van der Waals surface area contributed by atoms with Crippen LogP contribution in [0.1, 0.15) is 66.0 Å².